The third kappa shape index (κ3) is 4.02. The van der Waals surface area contributed by atoms with Gasteiger partial charge in [-0.15, -0.1) is 0 Å². The zero-order chi connectivity index (χ0) is 15.5. The molecule has 0 saturated carbocycles. The number of nitrogens with one attached hydrogen (secondary N) is 1. The van der Waals surface area contributed by atoms with E-state index in [0.717, 1.165) is 11.6 Å². The molecule has 2 rings (SSSR count). The molecule has 1 aromatic carbocycles. The topological polar surface area (TPSA) is 66.4 Å². The number of rotatable bonds is 6. The van der Waals surface area contributed by atoms with Crippen LogP contribution >= 0.6 is 22.9 Å². The number of sulfonamides is 1. The van der Waals surface area contributed by atoms with E-state index in [9.17, 15) is 12.8 Å². The Bertz CT molecular complexity index is 717. The van der Waals surface area contributed by atoms with Gasteiger partial charge in [-0.1, -0.05) is 11.6 Å². The van der Waals surface area contributed by atoms with Crippen LogP contribution in [0.1, 0.15) is 11.1 Å². The van der Waals surface area contributed by atoms with E-state index in [-0.39, 0.29) is 22.0 Å². The molecule has 21 heavy (non-hydrogen) atoms. The van der Waals surface area contributed by atoms with Crippen molar-refractivity contribution in [3.05, 3.63) is 50.9 Å². The SMILES string of the molecule is O=S(=O)(NCCc1ccsc1)c1cc(F)c(Cl)c(CO)c1. The predicted octanol–water partition coefficient (Wildman–Crippen LogP) is 2.55. The molecular weight excluding hydrogens is 337 g/mol. The second-order valence-corrected chi connectivity index (χ2v) is 7.24. The van der Waals surface area contributed by atoms with Crippen molar-refractivity contribution in [1.29, 1.82) is 0 Å². The molecule has 0 fully saturated rings. The lowest BCUT2D eigenvalue weighted by Gasteiger charge is -2.09. The van der Waals surface area contributed by atoms with Gasteiger partial charge in [-0.25, -0.2) is 17.5 Å². The smallest absolute Gasteiger partial charge is 0.240 e. The predicted molar refractivity (Wildman–Crippen MR) is 80.5 cm³/mol. The maximum Gasteiger partial charge on any atom is 0.240 e. The van der Waals surface area contributed by atoms with Gasteiger partial charge in [0.2, 0.25) is 10.0 Å². The van der Waals surface area contributed by atoms with E-state index in [2.05, 4.69) is 4.72 Å². The summed E-state index contributed by atoms with van der Waals surface area (Å²) in [6, 6.07) is 3.91. The standard InChI is InChI=1S/C13H13ClFNO3S2/c14-13-10(7-17)5-11(6-12(13)15)21(18,19)16-3-1-9-2-4-20-8-9/h2,4-6,8,16-17H,1,3,7H2. The van der Waals surface area contributed by atoms with Crippen molar-refractivity contribution >= 4 is 33.0 Å². The Balaban J connectivity index is 2.13. The third-order valence-corrected chi connectivity index (χ3v) is 5.44. The highest BCUT2D eigenvalue weighted by Crippen LogP contribution is 2.24. The van der Waals surface area contributed by atoms with E-state index in [0.29, 0.717) is 6.42 Å². The van der Waals surface area contributed by atoms with Gasteiger partial charge >= 0.3 is 0 Å². The van der Waals surface area contributed by atoms with E-state index in [1.807, 2.05) is 16.8 Å². The van der Waals surface area contributed by atoms with E-state index < -0.39 is 22.4 Å². The quantitative estimate of drug-likeness (QED) is 0.842. The highest BCUT2D eigenvalue weighted by Gasteiger charge is 2.18. The second-order valence-electron chi connectivity index (χ2n) is 4.32. The Labute approximate surface area is 131 Å². The Morgan fingerprint density at radius 3 is 2.76 bits per heavy atom. The molecule has 0 aliphatic rings. The van der Waals surface area contributed by atoms with E-state index in [1.54, 1.807) is 0 Å². The van der Waals surface area contributed by atoms with Crippen LogP contribution < -0.4 is 4.72 Å². The molecule has 0 amide bonds. The van der Waals surface area contributed by atoms with Gasteiger partial charge < -0.3 is 5.11 Å². The number of halogens is 2. The molecule has 0 spiro atoms. The molecule has 2 aromatic rings. The summed E-state index contributed by atoms with van der Waals surface area (Å²) >= 11 is 7.17. The first-order chi connectivity index (χ1) is 9.94. The van der Waals surface area contributed by atoms with Crippen LogP contribution in [0, 0.1) is 5.82 Å². The number of hydrogen-bond acceptors (Lipinski definition) is 4. The van der Waals surface area contributed by atoms with Gasteiger partial charge in [0.05, 0.1) is 16.5 Å². The maximum atomic E-state index is 13.6. The van der Waals surface area contributed by atoms with Crippen LogP contribution in [0.15, 0.2) is 33.9 Å². The van der Waals surface area contributed by atoms with Crippen molar-refractivity contribution in [3.63, 3.8) is 0 Å². The molecule has 0 aliphatic carbocycles. The van der Waals surface area contributed by atoms with Crippen molar-refractivity contribution in [2.75, 3.05) is 6.54 Å². The monoisotopic (exact) mass is 349 g/mol. The van der Waals surface area contributed by atoms with Crippen LogP contribution in [-0.2, 0) is 23.1 Å². The molecule has 0 radical (unpaired) electrons. The molecule has 0 atom stereocenters. The lowest BCUT2D eigenvalue weighted by molar-refractivity contribution is 0.281. The highest BCUT2D eigenvalue weighted by molar-refractivity contribution is 7.89. The Hall–Kier alpha value is -0.990. The minimum Gasteiger partial charge on any atom is -0.392 e. The lowest BCUT2D eigenvalue weighted by Crippen LogP contribution is -2.26. The van der Waals surface area contributed by atoms with Gasteiger partial charge in [0, 0.05) is 12.1 Å². The second kappa shape index (κ2) is 6.85. The average molecular weight is 350 g/mol. The van der Waals surface area contributed by atoms with E-state index in [1.165, 1.54) is 17.4 Å². The zero-order valence-corrected chi connectivity index (χ0v) is 13.2. The normalized spacial score (nSPS) is 11.8. The zero-order valence-electron chi connectivity index (χ0n) is 10.8. The van der Waals surface area contributed by atoms with Gasteiger partial charge in [0.1, 0.15) is 5.82 Å². The summed E-state index contributed by atoms with van der Waals surface area (Å²) in [4.78, 5) is -0.251. The van der Waals surface area contributed by atoms with Crippen molar-refractivity contribution in [1.82, 2.24) is 4.72 Å². The number of thiophene rings is 1. The van der Waals surface area contributed by atoms with Gasteiger partial charge in [-0.05, 0) is 40.9 Å². The molecule has 4 nitrogen and oxygen atoms in total. The summed E-state index contributed by atoms with van der Waals surface area (Å²) in [6.45, 7) is -0.328. The summed E-state index contributed by atoms with van der Waals surface area (Å²) in [5, 5.41) is 12.6. The summed E-state index contributed by atoms with van der Waals surface area (Å²) in [7, 11) is -3.84. The number of benzene rings is 1. The molecule has 0 aliphatic heterocycles. The third-order valence-electron chi connectivity index (χ3n) is 2.84. The van der Waals surface area contributed by atoms with Crippen molar-refractivity contribution in [2.24, 2.45) is 0 Å². The van der Waals surface area contributed by atoms with Gasteiger partial charge in [0.25, 0.3) is 0 Å². The summed E-state index contributed by atoms with van der Waals surface area (Å²) in [5.41, 5.74) is 1.07. The van der Waals surface area contributed by atoms with E-state index >= 15 is 0 Å². The largest absolute Gasteiger partial charge is 0.392 e. The Morgan fingerprint density at radius 2 is 2.14 bits per heavy atom. The van der Waals surface area contributed by atoms with Crippen molar-refractivity contribution in [3.8, 4) is 0 Å². The summed E-state index contributed by atoms with van der Waals surface area (Å²) < 4.78 is 40.2. The fourth-order valence-corrected chi connectivity index (χ4v) is 3.70. The Morgan fingerprint density at radius 1 is 1.38 bits per heavy atom. The summed E-state index contributed by atoms with van der Waals surface area (Å²) in [6.07, 6.45) is 0.547. The molecule has 114 valence electrons. The van der Waals surface area contributed by atoms with Gasteiger partial charge in [-0.2, -0.15) is 11.3 Å². The fourth-order valence-electron chi connectivity index (χ4n) is 1.74. The number of aliphatic hydroxyl groups is 1. The molecule has 0 saturated heterocycles. The van der Waals surface area contributed by atoms with Crippen LogP contribution in [0.5, 0.6) is 0 Å². The first-order valence-corrected chi connectivity index (χ1v) is 8.84. The highest BCUT2D eigenvalue weighted by atomic mass is 35.5. The molecule has 0 bridgehead atoms. The molecule has 0 unspecified atom stereocenters. The molecular formula is C13H13ClFNO3S2. The van der Waals surface area contributed by atoms with Gasteiger partial charge in [-0.3, -0.25) is 0 Å². The van der Waals surface area contributed by atoms with Crippen LogP contribution in [0.25, 0.3) is 0 Å². The number of aliphatic hydroxyl groups excluding tert-OH is 1. The number of hydrogen-bond donors (Lipinski definition) is 2. The maximum absolute atomic E-state index is 13.6. The molecule has 1 aromatic heterocycles. The van der Waals surface area contributed by atoms with Crippen LogP contribution in [0.4, 0.5) is 4.39 Å². The van der Waals surface area contributed by atoms with Gasteiger partial charge in [0.15, 0.2) is 0 Å². The van der Waals surface area contributed by atoms with Crippen LogP contribution in [-0.4, -0.2) is 20.1 Å². The molecule has 2 N–H and O–H groups in total. The first kappa shape index (κ1) is 16.4. The minimum absolute atomic E-state index is 0.0369. The summed E-state index contributed by atoms with van der Waals surface area (Å²) in [5.74, 6) is -0.874. The fraction of sp³-hybridized carbons (Fsp3) is 0.231. The van der Waals surface area contributed by atoms with Crippen molar-refractivity contribution in [2.45, 2.75) is 17.9 Å². The van der Waals surface area contributed by atoms with Crippen LogP contribution in [0.2, 0.25) is 5.02 Å². The van der Waals surface area contributed by atoms with E-state index in [4.69, 9.17) is 16.7 Å². The van der Waals surface area contributed by atoms with Crippen molar-refractivity contribution < 1.29 is 17.9 Å². The van der Waals surface area contributed by atoms with Crippen LogP contribution in [0.3, 0.4) is 0 Å². The Kier molecular flexibility index (Phi) is 5.34. The first-order valence-electron chi connectivity index (χ1n) is 6.03. The molecule has 8 heteroatoms. The lowest BCUT2D eigenvalue weighted by atomic mass is 10.2. The minimum atomic E-state index is -3.84. The average Bonchev–Trinajstić information content (AvgIpc) is 2.94. The molecule has 1 heterocycles.